The molecule has 4 heteroatoms. The smallest absolute Gasteiger partial charge is 0.141 e. The molecule has 100 valence electrons. The lowest BCUT2D eigenvalue weighted by molar-refractivity contribution is 0.397. The third-order valence-corrected chi connectivity index (χ3v) is 3.17. The van der Waals surface area contributed by atoms with Crippen molar-refractivity contribution in [1.29, 1.82) is 0 Å². The van der Waals surface area contributed by atoms with E-state index in [9.17, 15) is 0 Å². The number of aryl methyl sites for hydroxylation is 1. The van der Waals surface area contributed by atoms with Gasteiger partial charge in [0.05, 0.1) is 19.3 Å². The van der Waals surface area contributed by atoms with Gasteiger partial charge in [-0.05, 0) is 25.0 Å². The molecule has 0 aliphatic heterocycles. The third kappa shape index (κ3) is 3.30. The fourth-order valence-electron chi connectivity index (χ4n) is 2.07. The Labute approximate surface area is 113 Å². The third-order valence-electron chi connectivity index (χ3n) is 3.17. The summed E-state index contributed by atoms with van der Waals surface area (Å²) in [5.41, 5.74) is 6.34. The van der Waals surface area contributed by atoms with E-state index in [-0.39, 0.29) is 6.04 Å². The average Bonchev–Trinajstić information content (AvgIpc) is 2.46. The molecule has 2 rings (SSSR count). The molecule has 0 saturated heterocycles. The number of hydrogen-bond donors (Lipinski definition) is 2. The molecule has 0 fully saturated rings. The summed E-state index contributed by atoms with van der Waals surface area (Å²) in [5, 5.41) is 0. The minimum Gasteiger partial charge on any atom is -0.495 e. The van der Waals surface area contributed by atoms with Gasteiger partial charge in [0.15, 0.2) is 0 Å². The van der Waals surface area contributed by atoms with Crippen molar-refractivity contribution in [2.75, 3.05) is 7.11 Å². The van der Waals surface area contributed by atoms with Crippen molar-refractivity contribution in [2.24, 2.45) is 5.84 Å². The number of nitrogens with zero attached hydrogens (tertiary/aromatic N) is 1. The van der Waals surface area contributed by atoms with Gasteiger partial charge in [-0.15, -0.1) is 0 Å². The molecule has 1 aromatic heterocycles. The Morgan fingerprint density at radius 1 is 1.26 bits per heavy atom. The maximum absolute atomic E-state index is 5.68. The van der Waals surface area contributed by atoms with E-state index in [4.69, 9.17) is 10.6 Å². The molecule has 1 aromatic carbocycles. The number of rotatable bonds is 5. The molecule has 3 N–H and O–H groups in total. The van der Waals surface area contributed by atoms with Gasteiger partial charge in [0.2, 0.25) is 0 Å². The molecule has 0 amide bonds. The Morgan fingerprint density at radius 3 is 2.63 bits per heavy atom. The van der Waals surface area contributed by atoms with Crippen LogP contribution in [0.15, 0.2) is 42.7 Å². The Balaban J connectivity index is 2.22. The minimum atomic E-state index is 0.000608. The molecule has 0 saturated carbocycles. The van der Waals surface area contributed by atoms with E-state index in [1.807, 2.05) is 6.07 Å². The number of pyridine rings is 1. The van der Waals surface area contributed by atoms with Crippen LogP contribution in [-0.4, -0.2) is 12.1 Å². The first kappa shape index (κ1) is 13.5. The summed E-state index contributed by atoms with van der Waals surface area (Å²) in [7, 11) is 1.64. The lowest BCUT2D eigenvalue weighted by Gasteiger charge is -2.18. The molecule has 0 radical (unpaired) electrons. The number of benzene rings is 1. The summed E-state index contributed by atoms with van der Waals surface area (Å²) in [6.07, 6.45) is 4.25. The van der Waals surface area contributed by atoms with Crippen LogP contribution in [0, 0.1) is 6.92 Å². The summed E-state index contributed by atoms with van der Waals surface area (Å²) >= 11 is 0. The van der Waals surface area contributed by atoms with Gasteiger partial charge in [0.1, 0.15) is 5.75 Å². The topological polar surface area (TPSA) is 60.2 Å². The Hall–Kier alpha value is -1.91. The van der Waals surface area contributed by atoms with Gasteiger partial charge in [-0.25, -0.2) is 0 Å². The van der Waals surface area contributed by atoms with Crippen LogP contribution in [0.4, 0.5) is 0 Å². The van der Waals surface area contributed by atoms with Gasteiger partial charge >= 0.3 is 0 Å². The highest BCUT2D eigenvalue weighted by Crippen LogP contribution is 2.26. The maximum atomic E-state index is 5.68. The molecule has 4 nitrogen and oxygen atoms in total. The number of nitrogens with two attached hydrogens (primary N) is 1. The highest BCUT2D eigenvalue weighted by atomic mass is 16.5. The second kappa shape index (κ2) is 6.31. The first-order valence-electron chi connectivity index (χ1n) is 6.24. The number of aromatic nitrogens is 1. The lowest BCUT2D eigenvalue weighted by atomic mass is 9.99. The highest BCUT2D eigenvalue weighted by Gasteiger charge is 2.15. The molecule has 1 heterocycles. The summed E-state index contributed by atoms with van der Waals surface area (Å²) in [4.78, 5) is 4.06. The molecule has 2 aromatic rings. The second-order valence-corrected chi connectivity index (χ2v) is 4.53. The van der Waals surface area contributed by atoms with Crippen molar-refractivity contribution in [3.63, 3.8) is 0 Å². The molecule has 1 unspecified atom stereocenters. The van der Waals surface area contributed by atoms with Gasteiger partial charge in [-0.1, -0.05) is 29.8 Å². The number of ether oxygens (including phenoxy) is 1. The fourth-order valence-corrected chi connectivity index (χ4v) is 2.07. The van der Waals surface area contributed by atoms with Gasteiger partial charge in [-0.3, -0.25) is 16.3 Å². The van der Waals surface area contributed by atoms with E-state index in [1.165, 1.54) is 11.1 Å². The van der Waals surface area contributed by atoms with E-state index >= 15 is 0 Å². The van der Waals surface area contributed by atoms with E-state index in [0.29, 0.717) is 0 Å². The van der Waals surface area contributed by atoms with Crippen LogP contribution in [0.2, 0.25) is 0 Å². The van der Waals surface area contributed by atoms with Crippen molar-refractivity contribution < 1.29 is 4.74 Å². The van der Waals surface area contributed by atoms with Crippen LogP contribution in [0.1, 0.15) is 22.7 Å². The summed E-state index contributed by atoms with van der Waals surface area (Å²) in [6.45, 7) is 2.08. The van der Waals surface area contributed by atoms with Crippen molar-refractivity contribution in [1.82, 2.24) is 10.4 Å². The zero-order chi connectivity index (χ0) is 13.7. The average molecular weight is 257 g/mol. The second-order valence-electron chi connectivity index (χ2n) is 4.53. The van der Waals surface area contributed by atoms with Gasteiger partial charge in [0.25, 0.3) is 0 Å². The maximum Gasteiger partial charge on any atom is 0.141 e. The molecule has 0 aliphatic rings. The van der Waals surface area contributed by atoms with Gasteiger partial charge in [0, 0.05) is 11.8 Å². The van der Waals surface area contributed by atoms with Crippen molar-refractivity contribution in [2.45, 2.75) is 19.4 Å². The lowest BCUT2D eigenvalue weighted by Crippen LogP contribution is -2.30. The van der Waals surface area contributed by atoms with Gasteiger partial charge < -0.3 is 4.74 Å². The van der Waals surface area contributed by atoms with E-state index in [0.717, 1.165) is 17.7 Å². The molecular formula is C15H19N3O. The van der Waals surface area contributed by atoms with Crippen molar-refractivity contribution >= 4 is 0 Å². The summed E-state index contributed by atoms with van der Waals surface area (Å²) in [5.74, 6) is 6.43. The Bertz CT molecular complexity index is 525. The Kier molecular flexibility index (Phi) is 4.49. The molecule has 0 spiro atoms. The van der Waals surface area contributed by atoms with E-state index in [1.54, 1.807) is 19.5 Å². The van der Waals surface area contributed by atoms with Crippen LogP contribution in [0.25, 0.3) is 0 Å². The standard InChI is InChI=1S/C15H19N3O/c1-11-3-5-12(6-4-11)9-14(18-16)13-7-8-17-10-15(13)19-2/h3-8,10,14,18H,9,16H2,1-2H3. The molecule has 19 heavy (non-hydrogen) atoms. The predicted molar refractivity (Wildman–Crippen MR) is 75.7 cm³/mol. The number of hydrogen-bond acceptors (Lipinski definition) is 4. The molecule has 0 bridgehead atoms. The van der Waals surface area contributed by atoms with Crippen LogP contribution in [0.3, 0.4) is 0 Å². The molecule has 1 atom stereocenters. The van der Waals surface area contributed by atoms with Crippen LogP contribution < -0.4 is 16.0 Å². The SMILES string of the molecule is COc1cnccc1C(Cc1ccc(C)cc1)NN. The Morgan fingerprint density at radius 2 is 2.00 bits per heavy atom. The van der Waals surface area contributed by atoms with Crippen molar-refractivity contribution in [3.8, 4) is 5.75 Å². The first-order chi connectivity index (χ1) is 9.24. The summed E-state index contributed by atoms with van der Waals surface area (Å²) in [6, 6.07) is 10.4. The van der Waals surface area contributed by atoms with Crippen LogP contribution >= 0.6 is 0 Å². The number of hydrazine groups is 1. The zero-order valence-corrected chi connectivity index (χ0v) is 11.3. The van der Waals surface area contributed by atoms with Crippen LogP contribution in [0.5, 0.6) is 5.75 Å². The number of nitrogens with one attached hydrogen (secondary N) is 1. The predicted octanol–water partition coefficient (Wildman–Crippen LogP) is 2.15. The monoisotopic (exact) mass is 257 g/mol. The van der Waals surface area contributed by atoms with Crippen molar-refractivity contribution in [3.05, 3.63) is 59.4 Å². The van der Waals surface area contributed by atoms with E-state index < -0.39 is 0 Å². The normalized spacial score (nSPS) is 12.2. The largest absolute Gasteiger partial charge is 0.495 e. The minimum absolute atomic E-state index is 0.000608. The molecule has 0 aliphatic carbocycles. The highest BCUT2D eigenvalue weighted by molar-refractivity contribution is 5.34. The zero-order valence-electron chi connectivity index (χ0n) is 11.3. The quantitative estimate of drug-likeness (QED) is 0.636. The molecular weight excluding hydrogens is 238 g/mol. The fraction of sp³-hybridized carbons (Fsp3) is 0.267. The van der Waals surface area contributed by atoms with Crippen LogP contribution in [-0.2, 0) is 6.42 Å². The van der Waals surface area contributed by atoms with Gasteiger partial charge in [-0.2, -0.15) is 0 Å². The summed E-state index contributed by atoms with van der Waals surface area (Å²) < 4.78 is 5.33. The van der Waals surface area contributed by atoms with E-state index in [2.05, 4.69) is 41.6 Å². The number of methoxy groups -OCH3 is 1. The first-order valence-corrected chi connectivity index (χ1v) is 6.24.